The number of hydrogen-bond donors (Lipinski definition) is 2. The molecule has 5 nitrogen and oxygen atoms in total. The van der Waals surface area contributed by atoms with Gasteiger partial charge in [-0.3, -0.25) is 4.79 Å². The Morgan fingerprint density at radius 2 is 2.28 bits per heavy atom. The molecule has 18 heavy (non-hydrogen) atoms. The summed E-state index contributed by atoms with van der Waals surface area (Å²) in [5.74, 6) is -0.790. The molecule has 0 radical (unpaired) electrons. The SMILES string of the molecule is O=C(O)CCc1csc(NCCc2nccs2)n1. The largest absolute Gasteiger partial charge is 0.481 e. The van der Waals surface area contributed by atoms with Crippen molar-refractivity contribution in [2.45, 2.75) is 19.3 Å². The number of aryl methyl sites for hydroxylation is 1. The molecule has 0 atom stereocenters. The Labute approximate surface area is 113 Å². The van der Waals surface area contributed by atoms with E-state index in [0.717, 1.165) is 28.8 Å². The summed E-state index contributed by atoms with van der Waals surface area (Å²) in [7, 11) is 0. The Morgan fingerprint density at radius 3 is 3.00 bits per heavy atom. The standard InChI is InChI=1S/C11H13N3O2S2/c15-10(16)2-1-8-7-18-11(14-8)13-4-3-9-12-5-6-17-9/h5-7H,1-4H2,(H,13,14)(H,15,16). The molecule has 0 aliphatic carbocycles. The number of hydrogen-bond acceptors (Lipinski definition) is 6. The molecule has 0 saturated heterocycles. The molecular formula is C11H13N3O2S2. The zero-order valence-corrected chi connectivity index (χ0v) is 11.3. The lowest BCUT2D eigenvalue weighted by Crippen LogP contribution is -2.04. The van der Waals surface area contributed by atoms with Crippen molar-refractivity contribution in [1.82, 2.24) is 9.97 Å². The number of nitrogens with one attached hydrogen (secondary N) is 1. The first-order valence-electron chi connectivity index (χ1n) is 5.52. The molecule has 0 saturated carbocycles. The van der Waals surface area contributed by atoms with E-state index in [4.69, 9.17) is 5.11 Å². The van der Waals surface area contributed by atoms with Crippen molar-refractivity contribution in [3.05, 3.63) is 27.7 Å². The highest BCUT2D eigenvalue weighted by Crippen LogP contribution is 2.16. The maximum Gasteiger partial charge on any atom is 0.303 e. The Hall–Kier alpha value is -1.47. The Bertz CT molecular complexity index is 496. The highest BCUT2D eigenvalue weighted by Gasteiger charge is 2.04. The van der Waals surface area contributed by atoms with E-state index in [9.17, 15) is 4.79 Å². The third-order valence-corrected chi connectivity index (χ3v) is 3.93. The van der Waals surface area contributed by atoms with Crippen LogP contribution in [0.25, 0.3) is 0 Å². The van der Waals surface area contributed by atoms with Crippen molar-refractivity contribution in [3.8, 4) is 0 Å². The first kappa shape index (κ1) is 13.0. The van der Waals surface area contributed by atoms with Gasteiger partial charge in [-0.25, -0.2) is 9.97 Å². The molecule has 0 fully saturated rings. The van der Waals surface area contributed by atoms with E-state index in [1.807, 2.05) is 10.8 Å². The lowest BCUT2D eigenvalue weighted by atomic mass is 10.2. The topological polar surface area (TPSA) is 75.1 Å². The van der Waals surface area contributed by atoms with Gasteiger partial charge in [-0.2, -0.15) is 0 Å². The van der Waals surface area contributed by atoms with Crippen molar-refractivity contribution < 1.29 is 9.90 Å². The van der Waals surface area contributed by atoms with Gasteiger partial charge in [0.05, 0.1) is 17.1 Å². The lowest BCUT2D eigenvalue weighted by Gasteiger charge is -1.99. The molecule has 0 amide bonds. The molecule has 0 unspecified atom stereocenters. The highest BCUT2D eigenvalue weighted by atomic mass is 32.1. The van der Waals surface area contributed by atoms with Gasteiger partial charge in [-0.05, 0) is 0 Å². The zero-order chi connectivity index (χ0) is 12.8. The first-order valence-corrected chi connectivity index (χ1v) is 7.28. The molecule has 2 aromatic heterocycles. The Morgan fingerprint density at radius 1 is 1.39 bits per heavy atom. The van der Waals surface area contributed by atoms with E-state index in [1.54, 1.807) is 17.5 Å². The quantitative estimate of drug-likeness (QED) is 0.815. The van der Waals surface area contributed by atoms with Gasteiger partial charge in [0.25, 0.3) is 0 Å². The molecule has 2 heterocycles. The van der Waals surface area contributed by atoms with E-state index in [1.165, 1.54) is 11.3 Å². The Kier molecular flexibility index (Phi) is 4.66. The third-order valence-electron chi connectivity index (χ3n) is 2.25. The number of aromatic nitrogens is 2. The summed E-state index contributed by atoms with van der Waals surface area (Å²) in [6.45, 7) is 0.791. The minimum Gasteiger partial charge on any atom is -0.481 e. The maximum absolute atomic E-state index is 10.4. The fourth-order valence-corrected chi connectivity index (χ4v) is 2.78. The smallest absolute Gasteiger partial charge is 0.303 e. The average Bonchev–Trinajstić information content (AvgIpc) is 2.97. The van der Waals surface area contributed by atoms with Crippen LogP contribution in [0.1, 0.15) is 17.1 Å². The monoisotopic (exact) mass is 283 g/mol. The average molecular weight is 283 g/mol. The van der Waals surface area contributed by atoms with E-state index >= 15 is 0 Å². The number of rotatable bonds is 7. The second kappa shape index (κ2) is 6.46. The van der Waals surface area contributed by atoms with Crippen LogP contribution in [0.3, 0.4) is 0 Å². The van der Waals surface area contributed by atoms with Gasteiger partial charge in [0.15, 0.2) is 5.13 Å². The summed E-state index contributed by atoms with van der Waals surface area (Å²) in [6, 6.07) is 0. The summed E-state index contributed by atoms with van der Waals surface area (Å²) >= 11 is 3.15. The van der Waals surface area contributed by atoms with Gasteiger partial charge in [0, 0.05) is 36.3 Å². The second-order valence-corrected chi connectivity index (χ2v) is 5.48. The normalized spacial score (nSPS) is 10.4. The lowest BCUT2D eigenvalue weighted by molar-refractivity contribution is -0.136. The van der Waals surface area contributed by atoms with Crippen LogP contribution < -0.4 is 5.32 Å². The predicted octanol–water partition coefficient (Wildman–Crippen LogP) is 2.27. The highest BCUT2D eigenvalue weighted by molar-refractivity contribution is 7.13. The van der Waals surface area contributed by atoms with Crippen LogP contribution in [0.5, 0.6) is 0 Å². The van der Waals surface area contributed by atoms with E-state index in [2.05, 4.69) is 15.3 Å². The summed E-state index contributed by atoms with van der Waals surface area (Å²) in [4.78, 5) is 19.0. The molecular weight excluding hydrogens is 270 g/mol. The molecule has 0 bridgehead atoms. The maximum atomic E-state index is 10.4. The van der Waals surface area contributed by atoms with Gasteiger partial charge >= 0.3 is 5.97 Å². The molecule has 0 aromatic carbocycles. The van der Waals surface area contributed by atoms with Crippen molar-refractivity contribution in [3.63, 3.8) is 0 Å². The summed E-state index contributed by atoms with van der Waals surface area (Å²) in [5.41, 5.74) is 0.833. The number of carboxylic acids is 1. The number of carboxylic acid groups (broad SMARTS) is 1. The summed E-state index contributed by atoms with van der Waals surface area (Å²) < 4.78 is 0. The number of carbonyl (C=O) groups is 1. The fourth-order valence-electron chi connectivity index (χ4n) is 1.39. The number of aliphatic carboxylic acids is 1. The van der Waals surface area contributed by atoms with Gasteiger partial charge in [-0.15, -0.1) is 22.7 Å². The molecule has 0 aliphatic heterocycles. The second-order valence-electron chi connectivity index (χ2n) is 3.64. The van der Waals surface area contributed by atoms with Gasteiger partial charge in [0.1, 0.15) is 0 Å². The van der Waals surface area contributed by atoms with Crippen LogP contribution in [-0.4, -0.2) is 27.6 Å². The van der Waals surface area contributed by atoms with Crippen LogP contribution in [0.15, 0.2) is 17.0 Å². The van der Waals surface area contributed by atoms with Gasteiger partial charge < -0.3 is 10.4 Å². The molecule has 0 spiro atoms. The van der Waals surface area contributed by atoms with Crippen LogP contribution in [0.4, 0.5) is 5.13 Å². The number of anilines is 1. The Balaban J connectivity index is 1.74. The minimum atomic E-state index is -0.790. The summed E-state index contributed by atoms with van der Waals surface area (Å²) in [5, 5.41) is 17.6. The number of nitrogens with zero attached hydrogens (tertiary/aromatic N) is 2. The van der Waals surface area contributed by atoms with Crippen LogP contribution in [0.2, 0.25) is 0 Å². The molecule has 96 valence electrons. The van der Waals surface area contributed by atoms with E-state index < -0.39 is 5.97 Å². The third kappa shape index (κ3) is 4.08. The van der Waals surface area contributed by atoms with E-state index in [0.29, 0.717) is 6.42 Å². The van der Waals surface area contributed by atoms with Crippen LogP contribution in [0, 0.1) is 0 Å². The number of thiazole rings is 2. The fraction of sp³-hybridized carbons (Fsp3) is 0.364. The molecule has 7 heteroatoms. The van der Waals surface area contributed by atoms with Crippen molar-refractivity contribution in [2.24, 2.45) is 0 Å². The van der Waals surface area contributed by atoms with Crippen molar-refractivity contribution in [1.29, 1.82) is 0 Å². The molecule has 2 aromatic rings. The van der Waals surface area contributed by atoms with Crippen LogP contribution >= 0.6 is 22.7 Å². The molecule has 2 rings (SSSR count). The van der Waals surface area contributed by atoms with Crippen LogP contribution in [-0.2, 0) is 17.6 Å². The molecule has 2 N–H and O–H groups in total. The summed E-state index contributed by atoms with van der Waals surface area (Å²) in [6.07, 6.45) is 3.29. The van der Waals surface area contributed by atoms with Crippen molar-refractivity contribution in [2.75, 3.05) is 11.9 Å². The van der Waals surface area contributed by atoms with Gasteiger partial charge in [0.2, 0.25) is 0 Å². The predicted molar refractivity (Wildman–Crippen MR) is 72.4 cm³/mol. The van der Waals surface area contributed by atoms with E-state index in [-0.39, 0.29) is 6.42 Å². The van der Waals surface area contributed by atoms with Gasteiger partial charge in [-0.1, -0.05) is 0 Å². The minimum absolute atomic E-state index is 0.127. The molecule has 0 aliphatic rings. The first-order chi connectivity index (χ1) is 8.74. The zero-order valence-electron chi connectivity index (χ0n) is 9.63. The van der Waals surface area contributed by atoms with Crippen molar-refractivity contribution >= 4 is 33.8 Å².